The summed E-state index contributed by atoms with van der Waals surface area (Å²) in [7, 11) is 0. The molecule has 2 aliphatic rings. The van der Waals surface area contributed by atoms with Gasteiger partial charge in [-0.3, -0.25) is 14.7 Å². The maximum absolute atomic E-state index is 12.7. The van der Waals surface area contributed by atoms with E-state index >= 15 is 0 Å². The molecule has 5 rings (SSSR count). The number of alkyl halides is 3. The third-order valence-corrected chi connectivity index (χ3v) is 6.55. The first kappa shape index (κ1) is 23.4. The maximum Gasteiger partial charge on any atom is 0.416 e. The molecule has 0 unspecified atom stereocenters. The van der Waals surface area contributed by atoms with Gasteiger partial charge in [0.1, 0.15) is 11.9 Å². The highest BCUT2D eigenvalue weighted by molar-refractivity contribution is 5.96. The average Bonchev–Trinajstić information content (AvgIpc) is 2.76. The van der Waals surface area contributed by atoms with Crippen LogP contribution in [0.1, 0.15) is 33.5 Å². The Morgan fingerprint density at radius 2 is 1.80 bits per heavy atom. The first-order chi connectivity index (χ1) is 16.8. The second-order valence-corrected chi connectivity index (χ2v) is 9.18. The summed E-state index contributed by atoms with van der Waals surface area (Å²) in [4.78, 5) is 21.0. The molecule has 1 amide bonds. The van der Waals surface area contributed by atoms with Crippen molar-refractivity contribution in [1.29, 1.82) is 0 Å². The summed E-state index contributed by atoms with van der Waals surface area (Å²) < 4.78 is 44.1. The highest BCUT2D eigenvalue weighted by Crippen LogP contribution is 2.30. The van der Waals surface area contributed by atoms with Crippen molar-refractivity contribution >= 4 is 5.91 Å². The Morgan fingerprint density at radius 1 is 1.06 bits per heavy atom. The van der Waals surface area contributed by atoms with E-state index < -0.39 is 11.7 Å². The largest absolute Gasteiger partial charge is 0.486 e. The van der Waals surface area contributed by atoms with Gasteiger partial charge in [-0.05, 0) is 60.9 Å². The predicted molar refractivity (Wildman–Crippen MR) is 126 cm³/mol. The van der Waals surface area contributed by atoms with Gasteiger partial charge in [-0.15, -0.1) is 0 Å². The Hall–Kier alpha value is -3.39. The number of nitrogens with zero attached hydrogens (tertiary/aromatic N) is 3. The van der Waals surface area contributed by atoms with Crippen LogP contribution in [0, 0.1) is 6.92 Å². The Balaban J connectivity index is 1.13. The van der Waals surface area contributed by atoms with Crippen LogP contribution >= 0.6 is 0 Å². The molecule has 0 spiro atoms. The Labute approximate surface area is 202 Å². The SMILES string of the molecule is Cc1cc(-c2ccc(OC3CN(Cc4ccc(C(F)(F)F)cc4)C3)cn2)ccc1C(=O)N1CCC1. The van der Waals surface area contributed by atoms with Crippen LogP contribution in [0.15, 0.2) is 60.8 Å². The zero-order chi connectivity index (χ0) is 24.6. The summed E-state index contributed by atoms with van der Waals surface area (Å²) >= 11 is 0. The number of benzene rings is 2. The van der Waals surface area contributed by atoms with E-state index in [9.17, 15) is 18.0 Å². The number of likely N-dealkylation sites (tertiary alicyclic amines) is 2. The number of carbonyl (C=O) groups excluding carboxylic acids is 1. The molecule has 35 heavy (non-hydrogen) atoms. The van der Waals surface area contributed by atoms with Crippen LogP contribution in [-0.4, -0.2) is 53.0 Å². The Kier molecular flexibility index (Phi) is 6.23. The van der Waals surface area contributed by atoms with E-state index in [1.807, 2.05) is 42.2 Å². The van der Waals surface area contributed by atoms with Crippen LogP contribution in [0.4, 0.5) is 13.2 Å². The molecule has 0 saturated carbocycles. The number of ether oxygens (including phenoxy) is 1. The van der Waals surface area contributed by atoms with Crippen LogP contribution < -0.4 is 4.74 Å². The summed E-state index contributed by atoms with van der Waals surface area (Å²) in [6.45, 7) is 5.60. The number of aryl methyl sites for hydroxylation is 1. The van der Waals surface area contributed by atoms with E-state index in [1.54, 1.807) is 6.20 Å². The third-order valence-electron chi connectivity index (χ3n) is 6.55. The lowest BCUT2D eigenvalue weighted by atomic mass is 10.0. The number of amides is 1. The lowest BCUT2D eigenvalue weighted by molar-refractivity contribution is -0.137. The lowest BCUT2D eigenvalue weighted by Crippen LogP contribution is -2.53. The third kappa shape index (κ3) is 5.17. The number of aromatic nitrogens is 1. The number of halogens is 3. The molecule has 2 aromatic carbocycles. The molecule has 5 nitrogen and oxygen atoms in total. The molecule has 8 heteroatoms. The van der Waals surface area contributed by atoms with Crippen LogP contribution in [-0.2, 0) is 12.7 Å². The Morgan fingerprint density at radius 3 is 2.37 bits per heavy atom. The molecule has 3 aromatic rings. The van der Waals surface area contributed by atoms with Crippen molar-refractivity contribution in [3.63, 3.8) is 0 Å². The van der Waals surface area contributed by atoms with E-state index in [1.165, 1.54) is 12.1 Å². The molecule has 2 aliphatic heterocycles. The number of hydrogen-bond donors (Lipinski definition) is 0. The first-order valence-electron chi connectivity index (χ1n) is 11.7. The van der Waals surface area contributed by atoms with Crippen molar-refractivity contribution in [2.45, 2.75) is 32.2 Å². The van der Waals surface area contributed by atoms with Crippen molar-refractivity contribution in [2.24, 2.45) is 0 Å². The van der Waals surface area contributed by atoms with E-state index in [4.69, 9.17) is 4.74 Å². The zero-order valence-corrected chi connectivity index (χ0v) is 19.4. The van der Waals surface area contributed by atoms with Gasteiger partial charge in [0, 0.05) is 43.9 Å². The number of carbonyl (C=O) groups is 1. The minimum absolute atomic E-state index is 0.0196. The average molecular weight is 482 g/mol. The number of hydrogen-bond acceptors (Lipinski definition) is 4. The van der Waals surface area contributed by atoms with Gasteiger partial charge in [-0.1, -0.05) is 18.2 Å². The molecule has 2 saturated heterocycles. The summed E-state index contributed by atoms with van der Waals surface area (Å²) in [5, 5.41) is 0. The maximum atomic E-state index is 12.7. The summed E-state index contributed by atoms with van der Waals surface area (Å²) in [6.07, 6.45) is -1.53. The van der Waals surface area contributed by atoms with Gasteiger partial charge in [0.2, 0.25) is 0 Å². The van der Waals surface area contributed by atoms with Gasteiger partial charge in [0.05, 0.1) is 17.5 Å². The highest BCUT2D eigenvalue weighted by Gasteiger charge is 2.31. The smallest absolute Gasteiger partial charge is 0.416 e. The van der Waals surface area contributed by atoms with Crippen LogP contribution in [0.5, 0.6) is 5.75 Å². The Bertz CT molecular complexity index is 1200. The molecule has 2 fully saturated rings. The van der Waals surface area contributed by atoms with E-state index in [0.717, 1.165) is 59.6 Å². The first-order valence-corrected chi connectivity index (χ1v) is 11.7. The molecule has 0 N–H and O–H groups in total. The van der Waals surface area contributed by atoms with Crippen LogP contribution in [0.3, 0.4) is 0 Å². The quantitative estimate of drug-likeness (QED) is 0.487. The minimum Gasteiger partial charge on any atom is -0.486 e. The highest BCUT2D eigenvalue weighted by atomic mass is 19.4. The molecule has 0 bridgehead atoms. The molecule has 0 aliphatic carbocycles. The van der Waals surface area contributed by atoms with Gasteiger partial charge in [-0.25, -0.2) is 0 Å². The van der Waals surface area contributed by atoms with Crippen molar-refractivity contribution in [3.8, 4) is 17.0 Å². The summed E-state index contributed by atoms with van der Waals surface area (Å²) in [6, 6.07) is 14.9. The molecular formula is C27H26F3N3O2. The van der Waals surface area contributed by atoms with Crippen molar-refractivity contribution in [1.82, 2.24) is 14.8 Å². The van der Waals surface area contributed by atoms with Gasteiger partial charge >= 0.3 is 6.18 Å². The standard InChI is InChI=1S/C27H26F3N3O2/c1-18-13-20(5-9-24(18)26(34)33-11-2-12-33)25-10-8-22(14-31-25)35-23-16-32(17-23)15-19-3-6-21(7-4-19)27(28,29)30/h3-10,13-14,23H,2,11-12,15-17H2,1H3. The molecule has 0 atom stereocenters. The minimum atomic E-state index is -4.31. The molecule has 1 aromatic heterocycles. The normalized spacial score (nSPS) is 16.5. The van der Waals surface area contributed by atoms with Gasteiger partial charge in [0.15, 0.2) is 0 Å². The second-order valence-electron chi connectivity index (χ2n) is 9.18. The molecule has 182 valence electrons. The van der Waals surface area contributed by atoms with Crippen molar-refractivity contribution < 1.29 is 22.7 Å². The van der Waals surface area contributed by atoms with Gasteiger partial charge < -0.3 is 9.64 Å². The summed E-state index contributed by atoms with van der Waals surface area (Å²) in [5.41, 5.74) is 3.63. The van der Waals surface area contributed by atoms with Gasteiger partial charge in [-0.2, -0.15) is 13.2 Å². The fourth-order valence-electron chi connectivity index (χ4n) is 4.35. The predicted octanol–water partition coefficient (Wildman–Crippen LogP) is 5.18. The van der Waals surface area contributed by atoms with Crippen LogP contribution in [0.25, 0.3) is 11.3 Å². The molecular weight excluding hydrogens is 455 g/mol. The molecule has 3 heterocycles. The van der Waals surface area contributed by atoms with Crippen molar-refractivity contribution in [2.75, 3.05) is 26.2 Å². The van der Waals surface area contributed by atoms with E-state index in [0.29, 0.717) is 25.4 Å². The van der Waals surface area contributed by atoms with E-state index in [2.05, 4.69) is 9.88 Å². The van der Waals surface area contributed by atoms with Gasteiger partial charge in [0.25, 0.3) is 5.91 Å². The monoisotopic (exact) mass is 481 g/mol. The molecule has 0 radical (unpaired) electrons. The lowest BCUT2D eigenvalue weighted by Gasteiger charge is -2.39. The topological polar surface area (TPSA) is 45.7 Å². The number of pyridine rings is 1. The second kappa shape index (κ2) is 9.34. The summed E-state index contributed by atoms with van der Waals surface area (Å²) in [5.74, 6) is 0.763. The van der Waals surface area contributed by atoms with Crippen molar-refractivity contribution in [3.05, 3.63) is 83.0 Å². The fourth-order valence-corrected chi connectivity index (χ4v) is 4.35. The van der Waals surface area contributed by atoms with Crippen LogP contribution in [0.2, 0.25) is 0 Å². The zero-order valence-electron chi connectivity index (χ0n) is 19.4. The van der Waals surface area contributed by atoms with E-state index in [-0.39, 0.29) is 12.0 Å². The fraction of sp³-hybridized carbons (Fsp3) is 0.333. The number of rotatable bonds is 6.